The van der Waals surface area contributed by atoms with E-state index in [0.29, 0.717) is 23.8 Å². The zero-order valence-electron chi connectivity index (χ0n) is 17.0. The Bertz CT molecular complexity index is 1240. The fourth-order valence-corrected chi connectivity index (χ4v) is 4.88. The number of nitrogens with zero attached hydrogens (tertiary/aromatic N) is 7. The molecule has 8 nitrogen and oxygen atoms in total. The molecule has 3 aromatic heterocycles. The van der Waals surface area contributed by atoms with Crippen molar-refractivity contribution in [2.75, 3.05) is 6.54 Å². The zero-order valence-corrected chi connectivity index (χ0v) is 17.8. The van der Waals surface area contributed by atoms with E-state index in [-0.39, 0.29) is 5.91 Å². The number of thiazole rings is 1. The smallest absolute Gasteiger partial charge is 0.266 e. The predicted molar refractivity (Wildman–Crippen MR) is 114 cm³/mol. The van der Waals surface area contributed by atoms with Crippen molar-refractivity contribution in [1.82, 2.24) is 34.4 Å². The molecular formula is C21H21N7OS. The second-order valence-corrected chi connectivity index (χ2v) is 8.58. The summed E-state index contributed by atoms with van der Waals surface area (Å²) in [6.45, 7) is 4.98. The first-order valence-electron chi connectivity index (χ1n) is 9.77. The molecule has 0 radical (unpaired) electrons. The summed E-state index contributed by atoms with van der Waals surface area (Å²) >= 11 is 1.45. The van der Waals surface area contributed by atoms with E-state index in [4.69, 9.17) is 5.10 Å². The Morgan fingerprint density at radius 2 is 1.97 bits per heavy atom. The van der Waals surface area contributed by atoms with E-state index in [9.17, 15) is 4.79 Å². The molecule has 0 bridgehead atoms. The summed E-state index contributed by atoms with van der Waals surface area (Å²) in [5.41, 5.74) is 4.69. The standard InChI is InChI=1S/C21H21N7OS/c1-13-19(30-14(2)23-13)21(29)27-10-9-17-16(11-27)18(25-26(17)3)20-24-22-12-28(20)15-7-5-4-6-8-15/h4-8,12H,9-11H2,1-3H3. The van der Waals surface area contributed by atoms with Crippen LogP contribution in [0.4, 0.5) is 0 Å². The van der Waals surface area contributed by atoms with Crippen LogP contribution in [0.5, 0.6) is 0 Å². The lowest BCUT2D eigenvalue weighted by Crippen LogP contribution is -2.36. The van der Waals surface area contributed by atoms with Crippen LogP contribution in [-0.4, -0.2) is 46.9 Å². The van der Waals surface area contributed by atoms with Crippen molar-refractivity contribution >= 4 is 17.2 Å². The van der Waals surface area contributed by atoms with Gasteiger partial charge in [-0.3, -0.25) is 14.0 Å². The van der Waals surface area contributed by atoms with Crippen molar-refractivity contribution in [1.29, 1.82) is 0 Å². The van der Waals surface area contributed by atoms with Gasteiger partial charge in [0.1, 0.15) is 16.9 Å². The van der Waals surface area contributed by atoms with Crippen LogP contribution in [0.3, 0.4) is 0 Å². The minimum Gasteiger partial charge on any atom is -0.333 e. The van der Waals surface area contributed by atoms with Gasteiger partial charge >= 0.3 is 0 Å². The van der Waals surface area contributed by atoms with E-state index in [2.05, 4.69) is 15.2 Å². The summed E-state index contributed by atoms with van der Waals surface area (Å²) in [4.78, 5) is 20.2. The third-order valence-electron chi connectivity index (χ3n) is 5.42. The first-order valence-corrected chi connectivity index (χ1v) is 10.6. The molecule has 1 amide bonds. The molecule has 0 fully saturated rings. The lowest BCUT2D eigenvalue weighted by molar-refractivity contribution is 0.0737. The quantitative estimate of drug-likeness (QED) is 0.510. The summed E-state index contributed by atoms with van der Waals surface area (Å²) in [7, 11) is 1.94. The van der Waals surface area contributed by atoms with Crippen molar-refractivity contribution in [3.63, 3.8) is 0 Å². The predicted octanol–water partition coefficient (Wildman–Crippen LogP) is 2.94. The Kier molecular flexibility index (Phi) is 4.47. The highest BCUT2D eigenvalue weighted by Gasteiger charge is 2.31. The van der Waals surface area contributed by atoms with Crippen molar-refractivity contribution in [3.8, 4) is 17.2 Å². The number of para-hydroxylation sites is 1. The highest BCUT2D eigenvalue weighted by atomic mass is 32.1. The maximum Gasteiger partial charge on any atom is 0.266 e. The molecule has 0 saturated heterocycles. The van der Waals surface area contributed by atoms with Gasteiger partial charge in [-0.15, -0.1) is 21.5 Å². The second kappa shape index (κ2) is 7.17. The second-order valence-electron chi connectivity index (χ2n) is 7.38. The van der Waals surface area contributed by atoms with Gasteiger partial charge in [0.25, 0.3) is 5.91 Å². The third-order valence-corrected chi connectivity index (χ3v) is 6.48. The molecular weight excluding hydrogens is 398 g/mol. The third kappa shape index (κ3) is 3.02. The van der Waals surface area contributed by atoms with Crippen LogP contribution in [0.2, 0.25) is 0 Å². The highest BCUT2D eigenvalue weighted by molar-refractivity contribution is 7.13. The van der Waals surface area contributed by atoms with Gasteiger partial charge in [0.05, 0.1) is 17.2 Å². The number of amides is 1. The van der Waals surface area contributed by atoms with Gasteiger partial charge in [0.15, 0.2) is 5.82 Å². The van der Waals surface area contributed by atoms with Gasteiger partial charge in [-0.25, -0.2) is 4.98 Å². The first-order chi connectivity index (χ1) is 14.5. The molecule has 0 unspecified atom stereocenters. The van der Waals surface area contributed by atoms with Crippen molar-refractivity contribution in [2.24, 2.45) is 7.05 Å². The maximum atomic E-state index is 13.2. The van der Waals surface area contributed by atoms with Crippen LogP contribution >= 0.6 is 11.3 Å². The Morgan fingerprint density at radius 3 is 2.70 bits per heavy atom. The number of aromatic nitrogens is 6. The lowest BCUT2D eigenvalue weighted by atomic mass is 10.0. The highest BCUT2D eigenvalue weighted by Crippen LogP contribution is 2.31. The van der Waals surface area contributed by atoms with Gasteiger partial charge in [-0.1, -0.05) is 18.2 Å². The number of rotatable bonds is 3. The molecule has 0 saturated carbocycles. The van der Waals surface area contributed by atoms with Gasteiger partial charge in [0.2, 0.25) is 0 Å². The molecule has 4 aromatic rings. The fraction of sp³-hybridized carbons (Fsp3) is 0.286. The molecule has 0 aliphatic carbocycles. The Balaban J connectivity index is 1.53. The Hall–Kier alpha value is -3.33. The summed E-state index contributed by atoms with van der Waals surface area (Å²) in [6.07, 6.45) is 2.45. The number of aryl methyl sites for hydroxylation is 3. The average molecular weight is 420 g/mol. The van der Waals surface area contributed by atoms with E-state index in [1.54, 1.807) is 6.33 Å². The molecule has 152 valence electrons. The van der Waals surface area contributed by atoms with Crippen LogP contribution in [0.25, 0.3) is 17.2 Å². The topological polar surface area (TPSA) is 81.7 Å². The van der Waals surface area contributed by atoms with E-state index in [1.165, 1.54) is 11.3 Å². The summed E-state index contributed by atoms with van der Waals surface area (Å²) < 4.78 is 3.83. The number of carbonyl (C=O) groups is 1. The first kappa shape index (κ1) is 18.7. The molecule has 1 aliphatic rings. The number of hydrogen-bond donors (Lipinski definition) is 0. The average Bonchev–Trinajstić information content (AvgIpc) is 3.45. The SMILES string of the molecule is Cc1nc(C)c(C(=O)N2CCc3c(c(-c4nncn4-c4ccccc4)nn3C)C2)s1. The largest absolute Gasteiger partial charge is 0.333 e. The van der Waals surface area contributed by atoms with Crippen LogP contribution in [0.15, 0.2) is 36.7 Å². The minimum atomic E-state index is 0.0306. The van der Waals surface area contributed by atoms with Crippen molar-refractivity contribution in [2.45, 2.75) is 26.8 Å². The normalized spacial score (nSPS) is 13.5. The van der Waals surface area contributed by atoms with E-state index in [1.807, 2.05) is 65.4 Å². The van der Waals surface area contributed by atoms with Crippen molar-refractivity contribution in [3.05, 3.63) is 63.5 Å². The maximum absolute atomic E-state index is 13.2. The summed E-state index contributed by atoms with van der Waals surface area (Å²) in [5, 5.41) is 14.1. The van der Waals surface area contributed by atoms with Crippen LogP contribution < -0.4 is 0 Å². The van der Waals surface area contributed by atoms with Crippen LogP contribution in [0, 0.1) is 13.8 Å². The number of benzene rings is 1. The molecule has 4 heterocycles. The molecule has 0 N–H and O–H groups in total. The van der Waals surface area contributed by atoms with Crippen molar-refractivity contribution < 1.29 is 4.79 Å². The van der Waals surface area contributed by atoms with Crippen LogP contribution in [-0.2, 0) is 20.0 Å². The molecule has 0 spiro atoms. The zero-order chi connectivity index (χ0) is 20.8. The van der Waals surface area contributed by atoms with E-state index >= 15 is 0 Å². The number of hydrogen-bond acceptors (Lipinski definition) is 6. The fourth-order valence-electron chi connectivity index (χ4n) is 3.99. The molecule has 30 heavy (non-hydrogen) atoms. The Morgan fingerprint density at radius 1 is 1.17 bits per heavy atom. The van der Waals surface area contributed by atoms with Gasteiger partial charge in [-0.05, 0) is 26.0 Å². The van der Waals surface area contributed by atoms with E-state index < -0.39 is 0 Å². The number of fused-ring (bicyclic) bond motifs is 1. The van der Waals surface area contributed by atoms with Crippen LogP contribution in [0.1, 0.15) is 31.6 Å². The molecule has 1 aromatic carbocycles. The Labute approximate surface area is 177 Å². The van der Waals surface area contributed by atoms with Gasteiger partial charge < -0.3 is 4.90 Å². The van der Waals surface area contributed by atoms with Gasteiger partial charge in [0, 0.05) is 37.0 Å². The number of carbonyl (C=O) groups excluding carboxylic acids is 1. The van der Waals surface area contributed by atoms with Gasteiger partial charge in [-0.2, -0.15) is 5.10 Å². The van der Waals surface area contributed by atoms with E-state index in [0.717, 1.165) is 39.8 Å². The monoisotopic (exact) mass is 419 g/mol. The summed E-state index contributed by atoms with van der Waals surface area (Å²) in [6, 6.07) is 9.95. The minimum absolute atomic E-state index is 0.0306. The lowest BCUT2D eigenvalue weighted by Gasteiger charge is -2.27. The molecule has 1 aliphatic heterocycles. The molecule has 0 atom stereocenters. The molecule has 5 rings (SSSR count). The summed E-state index contributed by atoms with van der Waals surface area (Å²) in [5.74, 6) is 0.709. The molecule has 9 heteroatoms.